The third kappa shape index (κ3) is 5.22. The third-order valence-electron chi connectivity index (χ3n) is 5.07. The number of amides is 1. The molecule has 154 valence electrons. The van der Waals surface area contributed by atoms with E-state index in [1.807, 2.05) is 60.7 Å². The summed E-state index contributed by atoms with van der Waals surface area (Å²) in [6.45, 7) is 5.28. The molecule has 29 heavy (non-hydrogen) atoms. The summed E-state index contributed by atoms with van der Waals surface area (Å²) in [5.74, 6) is -2.77. The van der Waals surface area contributed by atoms with E-state index in [-0.39, 0.29) is 13.0 Å². The standard InChI is InChI=1S/C23H27NO5/c1-4-29-19(25)15-16(2)20(21(26)27)24-22(28)23(3,17-11-7-5-8-12-17)18-13-9-6-10-14-18/h5-14,16,20H,4,15H2,1-3H3,(H,24,28)(H,26,27)/t16-,20-/m0/s1. The van der Waals surface area contributed by atoms with Crippen LogP contribution in [-0.2, 0) is 24.5 Å². The van der Waals surface area contributed by atoms with Gasteiger partial charge in [0.1, 0.15) is 6.04 Å². The Morgan fingerprint density at radius 1 is 1.00 bits per heavy atom. The van der Waals surface area contributed by atoms with Gasteiger partial charge in [-0.05, 0) is 30.9 Å². The number of hydrogen-bond acceptors (Lipinski definition) is 4. The van der Waals surface area contributed by atoms with Crippen LogP contribution < -0.4 is 5.32 Å². The van der Waals surface area contributed by atoms with Crippen LogP contribution in [0.5, 0.6) is 0 Å². The number of carboxylic acids is 1. The van der Waals surface area contributed by atoms with Crippen LogP contribution >= 0.6 is 0 Å². The Hall–Kier alpha value is -3.15. The molecule has 0 aliphatic carbocycles. The first-order valence-corrected chi connectivity index (χ1v) is 9.61. The largest absolute Gasteiger partial charge is 0.480 e. The van der Waals surface area contributed by atoms with E-state index in [0.717, 1.165) is 11.1 Å². The minimum atomic E-state index is -1.22. The average molecular weight is 397 g/mol. The van der Waals surface area contributed by atoms with E-state index < -0.39 is 35.2 Å². The van der Waals surface area contributed by atoms with E-state index in [4.69, 9.17) is 4.74 Å². The maximum Gasteiger partial charge on any atom is 0.326 e. The lowest BCUT2D eigenvalue weighted by molar-refractivity contribution is -0.147. The van der Waals surface area contributed by atoms with Crippen molar-refractivity contribution in [1.82, 2.24) is 5.32 Å². The molecule has 0 aliphatic rings. The summed E-state index contributed by atoms with van der Waals surface area (Å²) >= 11 is 0. The van der Waals surface area contributed by atoms with Crippen LogP contribution in [0.3, 0.4) is 0 Å². The highest BCUT2D eigenvalue weighted by Gasteiger charge is 2.40. The van der Waals surface area contributed by atoms with Crippen LogP contribution in [0, 0.1) is 5.92 Å². The molecule has 0 unspecified atom stereocenters. The Morgan fingerprint density at radius 2 is 1.48 bits per heavy atom. The number of rotatable bonds is 9. The first-order valence-electron chi connectivity index (χ1n) is 9.61. The second-order valence-electron chi connectivity index (χ2n) is 7.13. The first-order chi connectivity index (χ1) is 13.8. The van der Waals surface area contributed by atoms with Gasteiger partial charge in [0.2, 0.25) is 5.91 Å². The fourth-order valence-corrected chi connectivity index (χ4v) is 3.31. The smallest absolute Gasteiger partial charge is 0.326 e. The molecule has 0 aromatic heterocycles. The van der Waals surface area contributed by atoms with Crippen molar-refractivity contribution in [2.24, 2.45) is 5.92 Å². The Morgan fingerprint density at radius 3 is 1.90 bits per heavy atom. The molecule has 2 rings (SSSR count). The Labute approximate surface area is 170 Å². The number of carboxylic acid groups (broad SMARTS) is 1. The number of carbonyl (C=O) groups is 3. The van der Waals surface area contributed by atoms with Crippen molar-refractivity contribution in [3.8, 4) is 0 Å². The van der Waals surface area contributed by atoms with E-state index in [1.165, 1.54) is 0 Å². The quantitative estimate of drug-likeness (QED) is 0.634. The molecule has 2 aromatic rings. The van der Waals surface area contributed by atoms with Gasteiger partial charge in [-0.25, -0.2) is 4.79 Å². The second-order valence-corrected chi connectivity index (χ2v) is 7.13. The summed E-state index contributed by atoms with van der Waals surface area (Å²) in [4.78, 5) is 37.0. The molecule has 6 heteroatoms. The highest BCUT2D eigenvalue weighted by atomic mass is 16.5. The second kappa shape index (κ2) is 9.87. The first kappa shape index (κ1) is 22.1. The molecule has 0 bridgehead atoms. The molecule has 0 saturated heterocycles. The average Bonchev–Trinajstić information content (AvgIpc) is 2.72. The zero-order valence-corrected chi connectivity index (χ0v) is 16.9. The van der Waals surface area contributed by atoms with Crippen LogP contribution in [0.15, 0.2) is 60.7 Å². The lowest BCUT2D eigenvalue weighted by Gasteiger charge is -2.32. The highest BCUT2D eigenvalue weighted by molar-refractivity contribution is 5.94. The molecule has 6 nitrogen and oxygen atoms in total. The molecular weight excluding hydrogens is 370 g/mol. The molecule has 0 aliphatic heterocycles. The number of aliphatic carboxylic acids is 1. The van der Waals surface area contributed by atoms with Crippen molar-refractivity contribution < 1.29 is 24.2 Å². The van der Waals surface area contributed by atoms with Gasteiger partial charge in [-0.1, -0.05) is 67.6 Å². The number of hydrogen-bond donors (Lipinski definition) is 2. The normalized spacial score (nSPS) is 13.2. The molecule has 2 atom stereocenters. The minimum absolute atomic E-state index is 0.0987. The number of benzene rings is 2. The van der Waals surface area contributed by atoms with Crippen molar-refractivity contribution in [2.75, 3.05) is 6.61 Å². The number of carbonyl (C=O) groups excluding carboxylic acids is 2. The summed E-state index contributed by atoms with van der Waals surface area (Å²) in [7, 11) is 0. The predicted molar refractivity (Wildman–Crippen MR) is 109 cm³/mol. The molecule has 2 aromatic carbocycles. The van der Waals surface area contributed by atoms with Crippen molar-refractivity contribution in [2.45, 2.75) is 38.6 Å². The van der Waals surface area contributed by atoms with Gasteiger partial charge in [0.05, 0.1) is 18.4 Å². The SMILES string of the molecule is CCOC(=O)C[C@H](C)[C@H](NC(=O)C(C)(c1ccccc1)c1ccccc1)C(=O)O. The fraction of sp³-hybridized carbons (Fsp3) is 0.348. The van der Waals surface area contributed by atoms with E-state index in [0.29, 0.717) is 0 Å². The van der Waals surface area contributed by atoms with E-state index in [2.05, 4.69) is 5.32 Å². The molecule has 1 amide bonds. The molecule has 0 spiro atoms. The molecular formula is C23H27NO5. The van der Waals surface area contributed by atoms with Crippen molar-refractivity contribution in [3.63, 3.8) is 0 Å². The molecule has 0 radical (unpaired) electrons. The van der Waals surface area contributed by atoms with E-state index in [9.17, 15) is 19.5 Å². The van der Waals surface area contributed by atoms with Crippen molar-refractivity contribution in [1.29, 1.82) is 0 Å². The van der Waals surface area contributed by atoms with E-state index in [1.54, 1.807) is 20.8 Å². The van der Waals surface area contributed by atoms with Gasteiger partial charge in [-0.2, -0.15) is 0 Å². The van der Waals surface area contributed by atoms with Crippen LogP contribution in [0.1, 0.15) is 38.3 Å². The lowest BCUT2D eigenvalue weighted by Crippen LogP contribution is -2.52. The number of nitrogens with one attached hydrogen (secondary N) is 1. The fourth-order valence-electron chi connectivity index (χ4n) is 3.31. The summed E-state index contributed by atoms with van der Waals surface area (Å²) in [6.07, 6.45) is -0.0987. The van der Waals surface area contributed by atoms with Crippen LogP contribution in [0.4, 0.5) is 0 Å². The van der Waals surface area contributed by atoms with Crippen LogP contribution in [-0.4, -0.2) is 35.6 Å². The summed E-state index contributed by atoms with van der Waals surface area (Å²) in [6, 6.07) is 17.2. The third-order valence-corrected chi connectivity index (χ3v) is 5.07. The highest BCUT2D eigenvalue weighted by Crippen LogP contribution is 2.32. The monoisotopic (exact) mass is 397 g/mol. The van der Waals surface area contributed by atoms with Crippen molar-refractivity contribution >= 4 is 17.8 Å². The van der Waals surface area contributed by atoms with Gasteiger partial charge in [0, 0.05) is 0 Å². The maximum absolute atomic E-state index is 13.4. The summed E-state index contributed by atoms with van der Waals surface area (Å²) in [5.41, 5.74) is 0.386. The van der Waals surface area contributed by atoms with Gasteiger partial charge in [-0.3, -0.25) is 9.59 Å². The predicted octanol–water partition coefficient (Wildman–Crippen LogP) is 3.15. The Bertz CT molecular complexity index is 795. The van der Waals surface area contributed by atoms with Gasteiger partial charge >= 0.3 is 11.9 Å². The lowest BCUT2D eigenvalue weighted by atomic mass is 9.75. The van der Waals surface area contributed by atoms with E-state index >= 15 is 0 Å². The zero-order chi connectivity index (χ0) is 21.4. The molecule has 0 saturated carbocycles. The summed E-state index contributed by atoms with van der Waals surface area (Å²) in [5, 5.41) is 12.3. The maximum atomic E-state index is 13.4. The molecule has 0 heterocycles. The van der Waals surface area contributed by atoms with Crippen LogP contribution in [0.25, 0.3) is 0 Å². The minimum Gasteiger partial charge on any atom is -0.480 e. The Balaban J connectivity index is 2.35. The molecule has 2 N–H and O–H groups in total. The van der Waals surface area contributed by atoms with Gasteiger partial charge < -0.3 is 15.2 Å². The number of esters is 1. The zero-order valence-electron chi connectivity index (χ0n) is 16.9. The van der Waals surface area contributed by atoms with Gasteiger partial charge in [0.15, 0.2) is 0 Å². The summed E-state index contributed by atoms with van der Waals surface area (Å²) < 4.78 is 4.91. The number of ether oxygens (including phenoxy) is 1. The Kier molecular flexibility index (Phi) is 7.53. The van der Waals surface area contributed by atoms with Crippen molar-refractivity contribution in [3.05, 3.63) is 71.8 Å². The van der Waals surface area contributed by atoms with Gasteiger partial charge in [-0.15, -0.1) is 0 Å². The molecule has 0 fully saturated rings. The van der Waals surface area contributed by atoms with Crippen LogP contribution in [0.2, 0.25) is 0 Å². The van der Waals surface area contributed by atoms with Gasteiger partial charge in [0.25, 0.3) is 0 Å². The topological polar surface area (TPSA) is 92.7 Å².